The van der Waals surface area contributed by atoms with Gasteiger partial charge in [-0.25, -0.2) is 8.42 Å². The number of nitrogens with one attached hydrogen (secondary N) is 1. The minimum Gasteiger partial charge on any atom is -0.354 e. The van der Waals surface area contributed by atoms with E-state index in [4.69, 9.17) is 5.26 Å². The number of nitriles is 1. The van der Waals surface area contributed by atoms with E-state index >= 15 is 0 Å². The topological polar surface area (TPSA) is 90.3 Å². The van der Waals surface area contributed by atoms with Crippen molar-refractivity contribution in [3.05, 3.63) is 71.8 Å². The molecule has 0 atom stereocenters. The number of carbonyl (C=O) groups is 1. The van der Waals surface area contributed by atoms with E-state index in [2.05, 4.69) is 11.4 Å². The first-order valence-corrected chi connectivity index (χ1v) is 12.0. The van der Waals surface area contributed by atoms with Gasteiger partial charge in [0.25, 0.3) is 10.0 Å². The molecule has 6 nitrogen and oxygen atoms in total. The van der Waals surface area contributed by atoms with E-state index in [0.717, 1.165) is 10.9 Å². The van der Waals surface area contributed by atoms with Gasteiger partial charge in [0.05, 0.1) is 22.2 Å². The Kier molecular flexibility index (Phi) is 5.66. The maximum atomic E-state index is 12.9. The second-order valence-electron chi connectivity index (χ2n) is 6.81. The van der Waals surface area contributed by atoms with Crippen molar-refractivity contribution < 1.29 is 13.2 Å². The van der Waals surface area contributed by atoms with Crippen LogP contribution in [-0.4, -0.2) is 33.2 Å². The largest absolute Gasteiger partial charge is 0.354 e. The lowest BCUT2D eigenvalue weighted by Crippen LogP contribution is -2.39. The van der Waals surface area contributed by atoms with Gasteiger partial charge in [0.2, 0.25) is 5.91 Å². The molecule has 0 aliphatic carbocycles. The Morgan fingerprint density at radius 3 is 2.63 bits per heavy atom. The average molecular weight is 438 g/mol. The van der Waals surface area contributed by atoms with Gasteiger partial charge in [0, 0.05) is 23.4 Å². The van der Waals surface area contributed by atoms with E-state index in [1.807, 2.05) is 30.3 Å². The van der Waals surface area contributed by atoms with Crippen LogP contribution in [0.3, 0.4) is 0 Å². The van der Waals surface area contributed by atoms with Crippen molar-refractivity contribution in [3.63, 3.8) is 0 Å². The second-order valence-corrected chi connectivity index (χ2v) is 9.75. The summed E-state index contributed by atoms with van der Waals surface area (Å²) in [6.45, 7) is 0.168. The lowest BCUT2D eigenvalue weighted by molar-refractivity contribution is -0.119. The minimum atomic E-state index is -3.74. The molecule has 8 heteroatoms. The van der Waals surface area contributed by atoms with Crippen LogP contribution in [0.4, 0.5) is 5.69 Å². The number of benzene rings is 3. The molecular weight excluding hydrogens is 418 g/mol. The number of rotatable bonds is 7. The third-order valence-electron chi connectivity index (χ3n) is 4.93. The van der Waals surface area contributed by atoms with Gasteiger partial charge in [-0.1, -0.05) is 42.5 Å². The number of nitrogens with zero attached hydrogens (tertiary/aromatic N) is 2. The highest BCUT2D eigenvalue weighted by Gasteiger charge is 2.36. The molecule has 1 N–H and O–H groups in total. The third-order valence-corrected chi connectivity index (χ3v) is 7.74. The van der Waals surface area contributed by atoms with Crippen LogP contribution in [0.1, 0.15) is 11.1 Å². The van der Waals surface area contributed by atoms with Crippen molar-refractivity contribution in [2.24, 2.45) is 0 Å². The average Bonchev–Trinajstić information content (AvgIpc) is 2.97. The molecule has 152 valence electrons. The van der Waals surface area contributed by atoms with Crippen molar-refractivity contribution >= 4 is 44.2 Å². The quantitative estimate of drug-likeness (QED) is 0.573. The van der Waals surface area contributed by atoms with Crippen molar-refractivity contribution in [1.82, 2.24) is 5.32 Å². The number of sulfonamides is 1. The predicted molar refractivity (Wildman–Crippen MR) is 119 cm³/mol. The standard InChI is InChI=1S/C22H19N3O3S2/c23-13-17-5-1-2-6-18(17)15-29-12-11-24-21(26)14-25-19-9-3-7-16-8-4-10-20(22(16)19)30(25,27)28/h1-10H,11-12,14-15H2,(H,24,26). The molecule has 1 heterocycles. The Balaban J connectivity index is 1.34. The normalized spacial score (nSPS) is 13.9. The van der Waals surface area contributed by atoms with Crippen molar-refractivity contribution in [2.75, 3.05) is 23.1 Å². The molecule has 4 rings (SSSR count). The van der Waals surface area contributed by atoms with Crippen molar-refractivity contribution in [1.29, 1.82) is 5.26 Å². The molecule has 1 aliphatic rings. The molecule has 1 aliphatic heterocycles. The first-order valence-electron chi connectivity index (χ1n) is 9.39. The SMILES string of the molecule is N#Cc1ccccc1CSCCNC(=O)CN1c2cccc3cccc(c23)S1(=O)=O. The maximum absolute atomic E-state index is 12.9. The Morgan fingerprint density at radius 2 is 1.83 bits per heavy atom. The van der Waals surface area contributed by atoms with Gasteiger partial charge in [-0.2, -0.15) is 17.0 Å². The first kappa shape index (κ1) is 20.3. The van der Waals surface area contributed by atoms with E-state index in [-0.39, 0.29) is 17.3 Å². The van der Waals surface area contributed by atoms with Crippen LogP contribution in [-0.2, 0) is 20.6 Å². The highest BCUT2D eigenvalue weighted by molar-refractivity contribution is 7.98. The number of hydrogen-bond acceptors (Lipinski definition) is 5. The summed E-state index contributed by atoms with van der Waals surface area (Å²) in [7, 11) is -3.74. The van der Waals surface area contributed by atoms with E-state index in [1.54, 1.807) is 42.1 Å². The number of anilines is 1. The fourth-order valence-corrected chi connectivity index (χ4v) is 6.04. The molecule has 0 saturated heterocycles. The fourth-order valence-electron chi connectivity index (χ4n) is 3.51. The molecule has 1 amide bonds. The monoisotopic (exact) mass is 437 g/mol. The van der Waals surface area contributed by atoms with Gasteiger partial charge in [-0.05, 0) is 29.1 Å². The molecule has 0 saturated carbocycles. The molecule has 3 aromatic carbocycles. The van der Waals surface area contributed by atoms with Crippen LogP contribution in [0.5, 0.6) is 0 Å². The van der Waals surface area contributed by atoms with Gasteiger partial charge < -0.3 is 5.32 Å². The van der Waals surface area contributed by atoms with Gasteiger partial charge in [0.15, 0.2) is 0 Å². The first-order chi connectivity index (χ1) is 14.5. The van der Waals surface area contributed by atoms with Crippen LogP contribution in [0.2, 0.25) is 0 Å². The predicted octanol–water partition coefficient (Wildman–Crippen LogP) is 3.27. The molecule has 0 aromatic heterocycles. The van der Waals surface area contributed by atoms with Crippen LogP contribution in [0.25, 0.3) is 10.8 Å². The lowest BCUT2D eigenvalue weighted by atomic mass is 10.1. The number of hydrogen-bond donors (Lipinski definition) is 1. The maximum Gasteiger partial charge on any atom is 0.265 e. The highest BCUT2D eigenvalue weighted by atomic mass is 32.2. The molecule has 0 unspecified atom stereocenters. The molecule has 0 fully saturated rings. The second kappa shape index (κ2) is 8.38. The summed E-state index contributed by atoms with van der Waals surface area (Å²) in [4.78, 5) is 12.7. The number of amides is 1. The summed E-state index contributed by atoms with van der Waals surface area (Å²) in [6, 6.07) is 20.1. The van der Waals surface area contributed by atoms with Crippen LogP contribution < -0.4 is 9.62 Å². The van der Waals surface area contributed by atoms with E-state index in [0.29, 0.717) is 34.7 Å². The molecule has 0 bridgehead atoms. The Bertz CT molecular complexity index is 1260. The Morgan fingerprint density at radius 1 is 1.07 bits per heavy atom. The zero-order chi connectivity index (χ0) is 21.1. The highest BCUT2D eigenvalue weighted by Crippen LogP contribution is 2.41. The van der Waals surface area contributed by atoms with Crippen LogP contribution in [0, 0.1) is 11.3 Å². The smallest absolute Gasteiger partial charge is 0.265 e. The van der Waals surface area contributed by atoms with Crippen LogP contribution >= 0.6 is 11.8 Å². The summed E-state index contributed by atoms with van der Waals surface area (Å²) in [5.74, 6) is 0.993. The number of thioether (sulfide) groups is 1. The van der Waals surface area contributed by atoms with E-state index in [9.17, 15) is 13.2 Å². The molecule has 0 radical (unpaired) electrons. The summed E-state index contributed by atoms with van der Waals surface area (Å²) in [5, 5.41) is 13.4. The van der Waals surface area contributed by atoms with Crippen LogP contribution in [0.15, 0.2) is 65.6 Å². The van der Waals surface area contributed by atoms with Gasteiger partial charge in [0.1, 0.15) is 6.54 Å². The zero-order valence-electron chi connectivity index (χ0n) is 16.0. The fraction of sp³-hybridized carbons (Fsp3) is 0.182. The van der Waals surface area contributed by atoms with Gasteiger partial charge >= 0.3 is 0 Å². The van der Waals surface area contributed by atoms with Crippen molar-refractivity contribution in [2.45, 2.75) is 10.6 Å². The van der Waals surface area contributed by atoms with Gasteiger partial charge in [-0.15, -0.1) is 0 Å². The lowest BCUT2D eigenvalue weighted by Gasteiger charge is -2.18. The summed E-state index contributed by atoms with van der Waals surface area (Å²) >= 11 is 1.61. The summed E-state index contributed by atoms with van der Waals surface area (Å²) in [5.41, 5.74) is 2.16. The van der Waals surface area contributed by atoms with Crippen molar-refractivity contribution in [3.8, 4) is 6.07 Å². The third kappa shape index (κ3) is 3.74. The van der Waals surface area contributed by atoms with E-state index < -0.39 is 10.0 Å². The molecule has 3 aromatic rings. The zero-order valence-corrected chi connectivity index (χ0v) is 17.7. The molecule has 30 heavy (non-hydrogen) atoms. The van der Waals surface area contributed by atoms with E-state index in [1.165, 1.54) is 4.31 Å². The minimum absolute atomic E-state index is 0.245. The Hall–Kier alpha value is -3.02. The molecule has 0 spiro atoms. The van der Waals surface area contributed by atoms with Gasteiger partial charge in [-0.3, -0.25) is 9.10 Å². The molecular formula is C22H19N3O3S2. The summed E-state index contributed by atoms with van der Waals surface area (Å²) < 4.78 is 27.0. The summed E-state index contributed by atoms with van der Waals surface area (Å²) in [6.07, 6.45) is 0. The Labute approximate surface area is 179 Å². The number of carbonyl (C=O) groups excluding carboxylic acids is 1.